The number of rotatable bonds is 6. The van der Waals surface area contributed by atoms with Crippen molar-refractivity contribution < 1.29 is 4.79 Å². The Balaban J connectivity index is 0.00000261. The number of halogens is 1. The molecule has 1 heterocycles. The summed E-state index contributed by atoms with van der Waals surface area (Å²) in [5.74, 6) is -0.0894. The highest BCUT2D eigenvalue weighted by Crippen LogP contribution is 2.34. The standard InChI is InChI=1S/C20H22N4OS.ClH/c1-20(2,15-9-4-3-5-10-15)18-23-24-19(26-18)22-17(25)13-12-14-8-6-7-11-16(14)21;/h3-11H,12-13,21H2,1-2H3,(H,22,24,25);1H. The van der Waals surface area contributed by atoms with Crippen LogP contribution in [-0.2, 0) is 16.6 Å². The van der Waals surface area contributed by atoms with Crippen LogP contribution in [0.3, 0.4) is 0 Å². The lowest BCUT2D eigenvalue weighted by Crippen LogP contribution is -2.18. The first-order valence-corrected chi connectivity index (χ1v) is 9.31. The topological polar surface area (TPSA) is 80.9 Å². The van der Waals surface area contributed by atoms with Crippen LogP contribution in [0.5, 0.6) is 0 Å². The number of aryl methyl sites for hydroxylation is 1. The van der Waals surface area contributed by atoms with Crippen molar-refractivity contribution in [1.29, 1.82) is 0 Å². The summed E-state index contributed by atoms with van der Waals surface area (Å²) in [5, 5.41) is 12.6. The number of carbonyl (C=O) groups excluding carboxylic acids is 1. The molecule has 5 nitrogen and oxygen atoms in total. The van der Waals surface area contributed by atoms with E-state index in [4.69, 9.17) is 5.73 Å². The van der Waals surface area contributed by atoms with Gasteiger partial charge in [-0.3, -0.25) is 4.79 Å². The molecule has 1 amide bonds. The molecule has 3 aromatic rings. The Morgan fingerprint density at radius 2 is 1.74 bits per heavy atom. The van der Waals surface area contributed by atoms with E-state index in [1.165, 1.54) is 11.3 Å². The molecule has 0 unspecified atom stereocenters. The third-order valence-electron chi connectivity index (χ3n) is 4.38. The lowest BCUT2D eigenvalue weighted by molar-refractivity contribution is -0.116. The van der Waals surface area contributed by atoms with Gasteiger partial charge in [0.25, 0.3) is 0 Å². The second-order valence-corrected chi connectivity index (χ2v) is 7.63. The molecular formula is C20H23ClN4OS. The smallest absolute Gasteiger partial charge is 0.226 e. The number of benzene rings is 2. The third kappa shape index (κ3) is 5.05. The van der Waals surface area contributed by atoms with Gasteiger partial charge in [0.05, 0.1) is 0 Å². The largest absolute Gasteiger partial charge is 0.399 e. The van der Waals surface area contributed by atoms with Crippen molar-refractivity contribution in [2.45, 2.75) is 32.1 Å². The van der Waals surface area contributed by atoms with Gasteiger partial charge in [-0.15, -0.1) is 22.6 Å². The van der Waals surface area contributed by atoms with Crippen molar-refractivity contribution in [3.63, 3.8) is 0 Å². The zero-order chi connectivity index (χ0) is 18.6. The number of anilines is 2. The van der Waals surface area contributed by atoms with Crippen molar-refractivity contribution >= 4 is 40.5 Å². The molecule has 2 aromatic carbocycles. The van der Waals surface area contributed by atoms with Crippen LogP contribution in [0.25, 0.3) is 0 Å². The molecular weight excluding hydrogens is 380 g/mol. The predicted octanol–water partition coefficient (Wildman–Crippen LogP) is 4.44. The molecule has 1 aromatic heterocycles. The molecule has 142 valence electrons. The number of amides is 1. The highest BCUT2D eigenvalue weighted by atomic mass is 35.5. The maximum atomic E-state index is 12.2. The quantitative estimate of drug-likeness (QED) is 0.597. The van der Waals surface area contributed by atoms with Gasteiger partial charge in [0.2, 0.25) is 11.0 Å². The van der Waals surface area contributed by atoms with E-state index in [2.05, 4.69) is 41.5 Å². The van der Waals surface area contributed by atoms with E-state index in [9.17, 15) is 4.79 Å². The predicted molar refractivity (Wildman–Crippen MR) is 114 cm³/mol. The fourth-order valence-corrected chi connectivity index (χ4v) is 3.58. The zero-order valence-corrected chi connectivity index (χ0v) is 16.9. The van der Waals surface area contributed by atoms with Crippen molar-refractivity contribution in [3.05, 3.63) is 70.7 Å². The maximum absolute atomic E-state index is 12.2. The van der Waals surface area contributed by atoms with Crippen molar-refractivity contribution in [1.82, 2.24) is 10.2 Å². The minimum Gasteiger partial charge on any atom is -0.399 e. The van der Waals surface area contributed by atoms with Crippen molar-refractivity contribution in [3.8, 4) is 0 Å². The molecule has 3 rings (SSSR count). The van der Waals surface area contributed by atoms with Crippen LogP contribution in [0.2, 0.25) is 0 Å². The Bertz CT molecular complexity index is 896. The number of aromatic nitrogens is 2. The number of nitrogens with two attached hydrogens (primary N) is 1. The lowest BCUT2D eigenvalue weighted by Gasteiger charge is -2.21. The van der Waals surface area contributed by atoms with Crippen LogP contribution >= 0.6 is 23.7 Å². The molecule has 0 fully saturated rings. The van der Waals surface area contributed by atoms with E-state index in [0.29, 0.717) is 23.7 Å². The first kappa shape index (κ1) is 20.9. The molecule has 0 bridgehead atoms. The highest BCUT2D eigenvalue weighted by Gasteiger charge is 2.27. The number of hydrogen-bond acceptors (Lipinski definition) is 5. The molecule has 0 atom stereocenters. The van der Waals surface area contributed by atoms with Crippen LogP contribution < -0.4 is 11.1 Å². The Kier molecular flexibility index (Phi) is 6.93. The van der Waals surface area contributed by atoms with E-state index < -0.39 is 0 Å². The number of nitrogens with one attached hydrogen (secondary N) is 1. The van der Waals surface area contributed by atoms with Crippen LogP contribution in [0.4, 0.5) is 10.8 Å². The monoisotopic (exact) mass is 402 g/mol. The van der Waals surface area contributed by atoms with E-state index in [0.717, 1.165) is 16.1 Å². The van der Waals surface area contributed by atoms with Gasteiger partial charge in [0, 0.05) is 17.5 Å². The van der Waals surface area contributed by atoms with E-state index in [1.54, 1.807) is 0 Å². The number of hydrogen-bond donors (Lipinski definition) is 2. The van der Waals surface area contributed by atoms with Crippen LogP contribution in [0, 0.1) is 0 Å². The van der Waals surface area contributed by atoms with E-state index in [-0.39, 0.29) is 23.7 Å². The summed E-state index contributed by atoms with van der Waals surface area (Å²) in [4.78, 5) is 12.2. The third-order valence-corrected chi connectivity index (χ3v) is 5.54. The number of para-hydroxylation sites is 1. The van der Waals surface area contributed by atoms with Gasteiger partial charge in [-0.25, -0.2) is 0 Å². The summed E-state index contributed by atoms with van der Waals surface area (Å²) >= 11 is 1.41. The van der Waals surface area contributed by atoms with Gasteiger partial charge in [-0.1, -0.05) is 59.9 Å². The molecule has 0 aliphatic carbocycles. The second kappa shape index (κ2) is 8.97. The summed E-state index contributed by atoms with van der Waals surface area (Å²) in [6, 6.07) is 17.7. The van der Waals surface area contributed by atoms with Crippen LogP contribution in [0.15, 0.2) is 54.6 Å². The highest BCUT2D eigenvalue weighted by molar-refractivity contribution is 7.15. The molecule has 27 heavy (non-hydrogen) atoms. The number of nitrogen functional groups attached to an aromatic ring is 1. The van der Waals surface area contributed by atoms with Crippen molar-refractivity contribution in [2.75, 3.05) is 11.1 Å². The van der Waals surface area contributed by atoms with Gasteiger partial charge < -0.3 is 11.1 Å². The normalized spacial score (nSPS) is 10.9. The molecule has 3 N–H and O–H groups in total. The molecule has 0 aliphatic heterocycles. The van der Waals surface area contributed by atoms with Gasteiger partial charge in [-0.2, -0.15) is 0 Å². The summed E-state index contributed by atoms with van der Waals surface area (Å²) in [5.41, 5.74) is 8.50. The molecule has 7 heteroatoms. The number of nitrogens with zero attached hydrogens (tertiary/aromatic N) is 2. The van der Waals surface area contributed by atoms with Gasteiger partial charge in [0.15, 0.2) is 0 Å². The molecule has 0 saturated heterocycles. The van der Waals surface area contributed by atoms with E-state index in [1.807, 2.05) is 42.5 Å². The van der Waals surface area contributed by atoms with E-state index >= 15 is 0 Å². The fourth-order valence-electron chi connectivity index (χ4n) is 2.70. The lowest BCUT2D eigenvalue weighted by atomic mass is 9.85. The first-order valence-electron chi connectivity index (χ1n) is 8.49. The SMILES string of the molecule is CC(C)(c1ccccc1)c1nnc(NC(=O)CCc2ccccc2N)s1.Cl. The fraction of sp³-hybridized carbons (Fsp3) is 0.250. The van der Waals surface area contributed by atoms with Crippen LogP contribution in [-0.4, -0.2) is 16.1 Å². The zero-order valence-electron chi connectivity index (χ0n) is 15.3. The molecule has 0 spiro atoms. The Morgan fingerprint density at radius 3 is 2.44 bits per heavy atom. The number of carbonyl (C=O) groups is 1. The Labute approximate surface area is 169 Å². The summed E-state index contributed by atoms with van der Waals surface area (Å²) in [6.07, 6.45) is 0.949. The molecule has 0 radical (unpaired) electrons. The first-order chi connectivity index (χ1) is 12.5. The average Bonchev–Trinajstić information content (AvgIpc) is 3.11. The Morgan fingerprint density at radius 1 is 1.07 bits per heavy atom. The molecule has 0 saturated carbocycles. The summed E-state index contributed by atoms with van der Waals surface area (Å²) in [6.45, 7) is 4.21. The van der Waals surface area contributed by atoms with Gasteiger partial charge >= 0.3 is 0 Å². The molecule has 0 aliphatic rings. The maximum Gasteiger partial charge on any atom is 0.226 e. The Hall–Kier alpha value is -2.44. The van der Waals surface area contributed by atoms with Crippen LogP contribution in [0.1, 0.15) is 36.4 Å². The van der Waals surface area contributed by atoms with Gasteiger partial charge in [0.1, 0.15) is 5.01 Å². The van der Waals surface area contributed by atoms with Gasteiger partial charge in [-0.05, 0) is 37.5 Å². The van der Waals surface area contributed by atoms with Crippen molar-refractivity contribution in [2.24, 2.45) is 0 Å². The summed E-state index contributed by atoms with van der Waals surface area (Å²) in [7, 11) is 0. The minimum absolute atomic E-state index is 0. The average molecular weight is 403 g/mol. The summed E-state index contributed by atoms with van der Waals surface area (Å²) < 4.78 is 0. The second-order valence-electron chi connectivity index (χ2n) is 6.65. The minimum atomic E-state index is -0.263.